The van der Waals surface area contributed by atoms with Crippen molar-refractivity contribution in [3.63, 3.8) is 0 Å². The molecule has 0 N–H and O–H groups in total. The van der Waals surface area contributed by atoms with E-state index in [4.69, 9.17) is 21.1 Å². The van der Waals surface area contributed by atoms with Gasteiger partial charge in [-0.05, 0) is 47.0 Å². The Kier molecular flexibility index (Phi) is 6.42. The van der Waals surface area contributed by atoms with Crippen molar-refractivity contribution >= 4 is 27.5 Å². The summed E-state index contributed by atoms with van der Waals surface area (Å²) in [7, 11) is 1.62. The van der Waals surface area contributed by atoms with Gasteiger partial charge in [0.05, 0.1) is 19.9 Å². The minimum Gasteiger partial charge on any atom is -0.495 e. The molecular formula is C15H16BrClN2O2. The third kappa shape index (κ3) is 5.26. The standard InChI is InChI=1S/C15H16BrClN2O2/c1-20-13-8-11(15(16)18-9-13)10-21-7-3-5-12-4-2-6-14(17)19-12/h2,4,6,8-9H,3,5,7,10H2,1H3. The maximum Gasteiger partial charge on any atom is 0.137 e. The molecule has 0 fully saturated rings. The summed E-state index contributed by atoms with van der Waals surface area (Å²) < 4.78 is 11.6. The highest BCUT2D eigenvalue weighted by Gasteiger charge is 2.04. The van der Waals surface area contributed by atoms with Crippen molar-refractivity contribution in [2.75, 3.05) is 13.7 Å². The normalized spacial score (nSPS) is 10.6. The number of methoxy groups -OCH3 is 1. The molecule has 0 atom stereocenters. The second-order valence-electron chi connectivity index (χ2n) is 4.43. The lowest BCUT2D eigenvalue weighted by Crippen LogP contribution is -2.00. The molecule has 2 aromatic heterocycles. The van der Waals surface area contributed by atoms with E-state index in [0.717, 1.165) is 34.5 Å². The summed E-state index contributed by atoms with van der Waals surface area (Å²) in [4.78, 5) is 8.43. The molecule has 0 amide bonds. The molecule has 0 aliphatic carbocycles. The molecule has 0 radical (unpaired) electrons. The van der Waals surface area contributed by atoms with Crippen LogP contribution in [0, 0.1) is 0 Å². The lowest BCUT2D eigenvalue weighted by atomic mass is 10.2. The predicted octanol–water partition coefficient (Wildman–Crippen LogP) is 4.05. The Bertz CT molecular complexity index is 596. The van der Waals surface area contributed by atoms with E-state index >= 15 is 0 Å². The van der Waals surface area contributed by atoms with Crippen LogP contribution < -0.4 is 4.74 Å². The summed E-state index contributed by atoms with van der Waals surface area (Å²) in [6.45, 7) is 1.14. The van der Waals surface area contributed by atoms with Gasteiger partial charge in [-0.15, -0.1) is 0 Å². The van der Waals surface area contributed by atoms with Crippen molar-refractivity contribution in [2.45, 2.75) is 19.4 Å². The third-order valence-corrected chi connectivity index (χ3v) is 3.80. The number of halogens is 2. The molecule has 2 aromatic rings. The highest BCUT2D eigenvalue weighted by molar-refractivity contribution is 9.10. The minimum atomic E-state index is 0.494. The van der Waals surface area contributed by atoms with Gasteiger partial charge in [-0.25, -0.2) is 9.97 Å². The molecule has 4 nitrogen and oxygen atoms in total. The van der Waals surface area contributed by atoms with E-state index in [-0.39, 0.29) is 0 Å². The first-order valence-corrected chi connectivity index (χ1v) is 7.73. The second kappa shape index (κ2) is 8.32. The van der Waals surface area contributed by atoms with E-state index in [2.05, 4.69) is 25.9 Å². The molecule has 0 aromatic carbocycles. The van der Waals surface area contributed by atoms with Crippen molar-refractivity contribution in [1.82, 2.24) is 9.97 Å². The Hall–Kier alpha value is -1.17. The minimum absolute atomic E-state index is 0.494. The first-order chi connectivity index (χ1) is 10.2. The van der Waals surface area contributed by atoms with Crippen molar-refractivity contribution in [2.24, 2.45) is 0 Å². The summed E-state index contributed by atoms with van der Waals surface area (Å²) in [5.41, 5.74) is 1.95. The topological polar surface area (TPSA) is 44.2 Å². The molecule has 112 valence electrons. The number of hydrogen-bond donors (Lipinski definition) is 0. The van der Waals surface area contributed by atoms with Crippen LogP contribution in [-0.2, 0) is 17.8 Å². The van der Waals surface area contributed by atoms with Crippen LogP contribution in [0.1, 0.15) is 17.7 Å². The molecule has 21 heavy (non-hydrogen) atoms. The Balaban J connectivity index is 1.75. The van der Waals surface area contributed by atoms with Gasteiger partial charge < -0.3 is 9.47 Å². The zero-order valence-electron chi connectivity index (χ0n) is 11.7. The Labute approximate surface area is 137 Å². The van der Waals surface area contributed by atoms with Gasteiger partial charge >= 0.3 is 0 Å². The van der Waals surface area contributed by atoms with Crippen LogP contribution in [0.5, 0.6) is 5.75 Å². The first-order valence-electron chi connectivity index (χ1n) is 6.56. The summed E-state index contributed by atoms with van der Waals surface area (Å²) in [5.74, 6) is 0.722. The monoisotopic (exact) mass is 370 g/mol. The van der Waals surface area contributed by atoms with E-state index in [1.165, 1.54) is 0 Å². The van der Waals surface area contributed by atoms with Crippen molar-refractivity contribution < 1.29 is 9.47 Å². The number of nitrogens with zero attached hydrogens (tertiary/aromatic N) is 2. The number of hydrogen-bond acceptors (Lipinski definition) is 4. The molecule has 0 aliphatic rings. The van der Waals surface area contributed by atoms with E-state index < -0.39 is 0 Å². The smallest absolute Gasteiger partial charge is 0.137 e. The number of rotatable bonds is 7. The molecule has 0 aliphatic heterocycles. The molecular weight excluding hydrogens is 356 g/mol. The van der Waals surface area contributed by atoms with Crippen LogP contribution in [0.3, 0.4) is 0 Å². The maximum absolute atomic E-state index is 5.84. The number of pyridine rings is 2. The van der Waals surface area contributed by atoms with Crippen molar-refractivity contribution in [1.29, 1.82) is 0 Å². The molecule has 0 saturated heterocycles. The molecule has 0 saturated carbocycles. The molecule has 6 heteroatoms. The molecule has 2 heterocycles. The van der Waals surface area contributed by atoms with E-state index in [9.17, 15) is 0 Å². The number of ether oxygens (including phenoxy) is 2. The van der Waals surface area contributed by atoms with Crippen LogP contribution >= 0.6 is 27.5 Å². The fourth-order valence-electron chi connectivity index (χ4n) is 1.81. The fourth-order valence-corrected chi connectivity index (χ4v) is 2.32. The molecule has 2 rings (SSSR count). The Morgan fingerprint density at radius 1 is 1.33 bits per heavy atom. The Morgan fingerprint density at radius 3 is 2.95 bits per heavy atom. The highest BCUT2D eigenvalue weighted by atomic mass is 79.9. The zero-order valence-corrected chi connectivity index (χ0v) is 14.0. The van der Waals surface area contributed by atoms with Crippen molar-refractivity contribution in [3.8, 4) is 5.75 Å². The average molecular weight is 372 g/mol. The van der Waals surface area contributed by atoms with Crippen LogP contribution in [0.25, 0.3) is 0 Å². The van der Waals surface area contributed by atoms with Gasteiger partial charge in [0.1, 0.15) is 15.5 Å². The van der Waals surface area contributed by atoms with E-state index in [1.807, 2.05) is 18.2 Å². The lowest BCUT2D eigenvalue weighted by molar-refractivity contribution is 0.117. The van der Waals surface area contributed by atoms with Gasteiger partial charge in [0.2, 0.25) is 0 Å². The zero-order chi connectivity index (χ0) is 15.1. The van der Waals surface area contributed by atoms with Gasteiger partial charge in [-0.2, -0.15) is 0 Å². The van der Waals surface area contributed by atoms with Crippen LogP contribution in [0.15, 0.2) is 35.1 Å². The van der Waals surface area contributed by atoms with Gasteiger partial charge in [-0.1, -0.05) is 17.7 Å². The third-order valence-electron chi connectivity index (χ3n) is 2.87. The number of aromatic nitrogens is 2. The molecule has 0 spiro atoms. The largest absolute Gasteiger partial charge is 0.495 e. The van der Waals surface area contributed by atoms with Crippen LogP contribution in [0.2, 0.25) is 5.15 Å². The lowest BCUT2D eigenvalue weighted by Gasteiger charge is -2.08. The van der Waals surface area contributed by atoms with Crippen molar-refractivity contribution in [3.05, 3.63) is 51.5 Å². The highest BCUT2D eigenvalue weighted by Crippen LogP contribution is 2.20. The van der Waals surface area contributed by atoms with Gasteiger partial charge in [0, 0.05) is 17.9 Å². The fraction of sp³-hybridized carbons (Fsp3) is 0.333. The van der Waals surface area contributed by atoms with Gasteiger partial charge in [-0.3, -0.25) is 0 Å². The van der Waals surface area contributed by atoms with Gasteiger partial charge in [0.15, 0.2) is 0 Å². The van der Waals surface area contributed by atoms with Crippen LogP contribution in [-0.4, -0.2) is 23.7 Å². The van der Waals surface area contributed by atoms with E-state index in [1.54, 1.807) is 19.4 Å². The summed E-state index contributed by atoms with van der Waals surface area (Å²) in [6, 6.07) is 7.56. The summed E-state index contributed by atoms with van der Waals surface area (Å²) >= 11 is 9.25. The summed E-state index contributed by atoms with van der Waals surface area (Å²) in [5, 5.41) is 0.528. The Morgan fingerprint density at radius 2 is 2.19 bits per heavy atom. The maximum atomic E-state index is 5.84. The van der Waals surface area contributed by atoms with Gasteiger partial charge in [0.25, 0.3) is 0 Å². The molecule has 0 bridgehead atoms. The second-order valence-corrected chi connectivity index (χ2v) is 5.57. The molecule has 0 unspecified atom stereocenters. The first kappa shape index (κ1) is 16.2. The average Bonchev–Trinajstić information content (AvgIpc) is 2.49. The quantitative estimate of drug-likeness (QED) is 0.544. The summed E-state index contributed by atoms with van der Waals surface area (Å²) in [6.07, 6.45) is 3.40. The SMILES string of the molecule is COc1cnc(Br)c(COCCCc2cccc(Cl)n2)c1. The van der Waals surface area contributed by atoms with E-state index in [0.29, 0.717) is 18.4 Å². The predicted molar refractivity (Wildman–Crippen MR) is 85.7 cm³/mol. The van der Waals surface area contributed by atoms with Crippen LogP contribution in [0.4, 0.5) is 0 Å². The number of aryl methyl sites for hydroxylation is 1.